The van der Waals surface area contributed by atoms with Crippen molar-refractivity contribution in [3.63, 3.8) is 0 Å². The lowest BCUT2D eigenvalue weighted by Crippen LogP contribution is -2.53. The van der Waals surface area contributed by atoms with E-state index in [1.165, 1.54) is 11.1 Å². The van der Waals surface area contributed by atoms with Crippen LogP contribution in [0.1, 0.15) is 24.0 Å². The molecule has 0 spiro atoms. The van der Waals surface area contributed by atoms with Crippen LogP contribution in [0, 0.1) is 13.8 Å². The van der Waals surface area contributed by atoms with E-state index >= 15 is 0 Å². The molecule has 2 fully saturated rings. The van der Waals surface area contributed by atoms with Gasteiger partial charge in [0, 0.05) is 26.2 Å². The monoisotopic (exact) mass is 345 g/mol. The first-order valence-corrected chi connectivity index (χ1v) is 9.02. The van der Waals surface area contributed by atoms with E-state index in [2.05, 4.69) is 36.2 Å². The van der Waals surface area contributed by atoms with Crippen molar-refractivity contribution in [2.24, 2.45) is 0 Å². The molecule has 0 radical (unpaired) electrons. The number of amides is 2. The third kappa shape index (κ3) is 4.72. The van der Waals surface area contributed by atoms with Crippen molar-refractivity contribution in [3.05, 3.63) is 29.3 Å². The zero-order valence-corrected chi connectivity index (χ0v) is 15.1. The van der Waals surface area contributed by atoms with Gasteiger partial charge in [-0.25, -0.2) is 0 Å². The average molecular weight is 345 g/mol. The van der Waals surface area contributed by atoms with Gasteiger partial charge in [-0.3, -0.25) is 14.5 Å². The number of carbonyl (C=O) groups excluding carboxylic acids is 2. The van der Waals surface area contributed by atoms with Crippen LogP contribution < -0.4 is 10.1 Å². The molecule has 25 heavy (non-hydrogen) atoms. The number of nitrogens with zero attached hydrogens (tertiary/aromatic N) is 2. The average Bonchev–Trinajstić information content (AvgIpc) is 2.60. The fourth-order valence-corrected chi connectivity index (χ4v) is 3.31. The zero-order chi connectivity index (χ0) is 17.8. The highest BCUT2D eigenvalue weighted by Crippen LogP contribution is 2.21. The van der Waals surface area contributed by atoms with Crippen LogP contribution in [0.15, 0.2) is 18.2 Å². The van der Waals surface area contributed by atoms with Gasteiger partial charge in [-0.15, -0.1) is 0 Å². The van der Waals surface area contributed by atoms with Gasteiger partial charge in [-0.05, 0) is 49.9 Å². The van der Waals surface area contributed by atoms with Crippen LogP contribution in [-0.4, -0.2) is 67.0 Å². The molecule has 2 aliphatic heterocycles. The van der Waals surface area contributed by atoms with E-state index < -0.39 is 0 Å². The molecular weight excluding hydrogens is 318 g/mol. The van der Waals surface area contributed by atoms with Crippen LogP contribution in [0.3, 0.4) is 0 Å². The first-order chi connectivity index (χ1) is 12.0. The predicted octanol–water partition coefficient (Wildman–Crippen LogP) is 1.11. The molecule has 2 amide bonds. The Kier molecular flexibility index (Phi) is 5.58. The van der Waals surface area contributed by atoms with Crippen LogP contribution in [-0.2, 0) is 9.59 Å². The summed E-state index contributed by atoms with van der Waals surface area (Å²) in [5.41, 5.74) is 2.51. The van der Waals surface area contributed by atoms with Gasteiger partial charge in [0.25, 0.3) is 0 Å². The van der Waals surface area contributed by atoms with Gasteiger partial charge >= 0.3 is 0 Å². The number of likely N-dealkylation sites (tertiary alicyclic amines) is 1. The molecule has 0 bridgehead atoms. The number of ether oxygens (including phenoxy) is 1. The maximum absolute atomic E-state index is 12.3. The molecule has 2 heterocycles. The summed E-state index contributed by atoms with van der Waals surface area (Å²) in [6.07, 6.45) is 2.04. The smallest absolute Gasteiger partial charge is 0.239 e. The third-order valence-electron chi connectivity index (χ3n) is 5.07. The highest BCUT2D eigenvalue weighted by molar-refractivity contribution is 5.86. The molecule has 0 aliphatic carbocycles. The van der Waals surface area contributed by atoms with Crippen molar-refractivity contribution in [2.75, 3.05) is 39.3 Å². The van der Waals surface area contributed by atoms with Crippen LogP contribution in [0.25, 0.3) is 0 Å². The van der Waals surface area contributed by atoms with E-state index in [4.69, 9.17) is 4.74 Å². The van der Waals surface area contributed by atoms with Crippen molar-refractivity contribution in [3.8, 4) is 5.75 Å². The van der Waals surface area contributed by atoms with Crippen LogP contribution in [0.2, 0.25) is 0 Å². The summed E-state index contributed by atoms with van der Waals surface area (Å²) in [5, 5.41) is 2.74. The number of rotatable bonds is 4. The van der Waals surface area contributed by atoms with Crippen LogP contribution in [0.5, 0.6) is 5.75 Å². The fourth-order valence-electron chi connectivity index (χ4n) is 3.31. The van der Waals surface area contributed by atoms with Crippen molar-refractivity contribution < 1.29 is 14.3 Å². The molecule has 136 valence electrons. The summed E-state index contributed by atoms with van der Waals surface area (Å²) in [6, 6.07) is 6.21. The molecule has 6 heteroatoms. The number of hydrogen-bond acceptors (Lipinski definition) is 4. The van der Waals surface area contributed by atoms with Gasteiger partial charge in [0.1, 0.15) is 11.9 Å². The first-order valence-electron chi connectivity index (χ1n) is 9.02. The molecule has 1 N–H and O–H groups in total. The Morgan fingerprint density at radius 2 is 1.96 bits per heavy atom. The van der Waals surface area contributed by atoms with Gasteiger partial charge < -0.3 is 15.0 Å². The Morgan fingerprint density at radius 3 is 2.64 bits per heavy atom. The summed E-state index contributed by atoms with van der Waals surface area (Å²) < 4.78 is 6.10. The van der Waals surface area contributed by atoms with Crippen LogP contribution in [0.4, 0.5) is 0 Å². The second-order valence-corrected chi connectivity index (χ2v) is 7.00. The Labute approximate surface area is 149 Å². The number of hydrogen-bond donors (Lipinski definition) is 1. The molecule has 0 atom stereocenters. The van der Waals surface area contributed by atoms with E-state index in [1.54, 1.807) is 4.90 Å². The lowest BCUT2D eigenvalue weighted by molar-refractivity contribution is -0.139. The number of benzene rings is 1. The van der Waals surface area contributed by atoms with E-state index in [-0.39, 0.29) is 24.5 Å². The third-order valence-corrected chi connectivity index (χ3v) is 5.07. The maximum Gasteiger partial charge on any atom is 0.239 e. The summed E-state index contributed by atoms with van der Waals surface area (Å²) in [6.45, 7) is 7.63. The largest absolute Gasteiger partial charge is 0.490 e. The molecular formula is C19H27N3O3. The molecule has 3 rings (SSSR count). The van der Waals surface area contributed by atoms with Gasteiger partial charge in [-0.1, -0.05) is 6.07 Å². The Morgan fingerprint density at radius 1 is 1.20 bits per heavy atom. The summed E-state index contributed by atoms with van der Waals surface area (Å²) in [7, 11) is 0. The van der Waals surface area contributed by atoms with Crippen molar-refractivity contribution >= 4 is 11.8 Å². The number of piperazine rings is 1. The number of nitrogens with one attached hydrogen (secondary N) is 1. The lowest BCUT2D eigenvalue weighted by Gasteiger charge is -2.34. The Hall–Kier alpha value is -2.08. The molecule has 6 nitrogen and oxygen atoms in total. The van der Waals surface area contributed by atoms with E-state index in [0.29, 0.717) is 19.6 Å². The summed E-state index contributed by atoms with van der Waals surface area (Å²) in [5.74, 6) is 0.903. The zero-order valence-electron chi connectivity index (χ0n) is 15.1. The molecule has 1 aromatic carbocycles. The van der Waals surface area contributed by atoms with Crippen LogP contribution >= 0.6 is 0 Å². The highest BCUT2D eigenvalue weighted by Gasteiger charge is 2.26. The quantitative estimate of drug-likeness (QED) is 0.888. The standard InChI is InChI=1S/C19H27N3O3/c1-14-3-4-17(11-15(14)2)25-16-5-8-21(9-6-16)13-19(24)22-10-7-20-18(23)12-22/h3-4,11,16H,5-10,12-13H2,1-2H3,(H,20,23). The van der Waals surface area contributed by atoms with E-state index in [1.807, 2.05) is 6.07 Å². The van der Waals surface area contributed by atoms with Gasteiger partial charge in [0.05, 0.1) is 13.1 Å². The molecule has 2 aliphatic rings. The molecule has 2 saturated heterocycles. The van der Waals surface area contributed by atoms with E-state index in [0.717, 1.165) is 31.7 Å². The van der Waals surface area contributed by atoms with Gasteiger partial charge in [0.2, 0.25) is 11.8 Å². The molecule has 1 aromatic rings. The minimum absolute atomic E-state index is 0.0448. The minimum atomic E-state index is -0.0694. The van der Waals surface area contributed by atoms with Gasteiger partial charge in [0.15, 0.2) is 0 Å². The Balaban J connectivity index is 1.44. The SMILES string of the molecule is Cc1ccc(OC2CCN(CC(=O)N3CCNC(=O)C3)CC2)cc1C. The normalized spacial score (nSPS) is 19.6. The fraction of sp³-hybridized carbons (Fsp3) is 0.579. The first kappa shape index (κ1) is 17.7. The van der Waals surface area contributed by atoms with Gasteiger partial charge in [-0.2, -0.15) is 0 Å². The minimum Gasteiger partial charge on any atom is -0.490 e. The maximum atomic E-state index is 12.3. The van der Waals surface area contributed by atoms with Crippen molar-refractivity contribution in [1.29, 1.82) is 0 Å². The topological polar surface area (TPSA) is 61.9 Å². The highest BCUT2D eigenvalue weighted by atomic mass is 16.5. The second-order valence-electron chi connectivity index (χ2n) is 7.00. The second kappa shape index (κ2) is 7.87. The lowest BCUT2D eigenvalue weighted by atomic mass is 10.1. The van der Waals surface area contributed by atoms with Crippen molar-refractivity contribution in [1.82, 2.24) is 15.1 Å². The Bertz CT molecular complexity index is 639. The molecule has 0 saturated carbocycles. The van der Waals surface area contributed by atoms with E-state index in [9.17, 15) is 9.59 Å². The molecule has 0 unspecified atom stereocenters. The number of piperidine rings is 1. The summed E-state index contributed by atoms with van der Waals surface area (Å²) in [4.78, 5) is 27.5. The van der Waals surface area contributed by atoms with Crippen molar-refractivity contribution in [2.45, 2.75) is 32.8 Å². The number of aryl methyl sites for hydroxylation is 2. The number of carbonyl (C=O) groups is 2. The predicted molar refractivity (Wildman–Crippen MR) is 95.6 cm³/mol. The summed E-state index contributed by atoms with van der Waals surface area (Å²) >= 11 is 0. The molecule has 0 aromatic heterocycles.